The number of carbonyl (C=O) groups excluding carboxylic acids is 2. The summed E-state index contributed by atoms with van der Waals surface area (Å²) in [5, 5.41) is 0. The minimum absolute atomic E-state index is 0.0608. The van der Waals surface area contributed by atoms with Crippen molar-refractivity contribution >= 4 is 17.4 Å². The lowest BCUT2D eigenvalue weighted by atomic mass is 9.94. The minimum Gasteiger partial charge on any atom is -0.366 e. The van der Waals surface area contributed by atoms with Crippen molar-refractivity contribution in [1.82, 2.24) is 9.80 Å². The largest absolute Gasteiger partial charge is 0.366 e. The fourth-order valence-corrected chi connectivity index (χ4v) is 4.42. The molecule has 4 rings (SSSR count). The van der Waals surface area contributed by atoms with Crippen LogP contribution in [0.25, 0.3) is 5.57 Å². The fourth-order valence-electron chi connectivity index (χ4n) is 4.42. The lowest BCUT2D eigenvalue weighted by molar-refractivity contribution is -0.140. The zero-order chi connectivity index (χ0) is 17.4. The molecule has 1 aromatic carbocycles. The van der Waals surface area contributed by atoms with Crippen molar-refractivity contribution in [2.45, 2.75) is 57.9 Å². The van der Waals surface area contributed by atoms with Crippen LogP contribution in [0, 0.1) is 6.92 Å². The molecule has 0 atom stereocenters. The molecule has 0 radical (unpaired) electrons. The van der Waals surface area contributed by atoms with Crippen molar-refractivity contribution in [1.29, 1.82) is 0 Å². The van der Waals surface area contributed by atoms with E-state index in [9.17, 15) is 9.59 Å². The summed E-state index contributed by atoms with van der Waals surface area (Å²) in [4.78, 5) is 30.3. The number of carbonyl (C=O) groups is 2. The Morgan fingerprint density at radius 2 is 1.48 bits per heavy atom. The molecule has 4 nitrogen and oxygen atoms in total. The molecule has 0 spiro atoms. The number of imide groups is 1. The average molecular weight is 338 g/mol. The Hall–Kier alpha value is -2.10. The Bertz CT molecular complexity index is 708. The molecule has 2 fully saturated rings. The first-order chi connectivity index (χ1) is 12.2. The van der Waals surface area contributed by atoms with Gasteiger partial charge in [-0.25, -0.2) is 0 Å². The first kappa shape index (κ1) is 16.4. The predicted octanol–water partition coefficient (Wildman–Crippen LogP) is 3.50. The minimum atomic E-state index is -0.0809. The Morgan fingerprint density at radius 1 is 0.840 bits per heavy atom. The number of amides is 2. The van der Waals surface area contributed by atoms with Gasteiger partial charge in [-0.05, 0) is 38.2 Å². The Kier molecular flexibility index (Phi) is 4.36. The predicted molar refractivity (Wildman–Crippen MR) is 97.6 cm³/mol. The molecule has 1 aliphatic carbocycles. The smallest absolute Gasteiger partial charge is 0.278 e. The summed E-state index contributed by atoms with van der Waals surface area (Å²) < 4.78 is 0. The molecule has 1 saturated carbocycles. The number of hydrogen-bond acceptors (Lipinski definition) is 3. The Labute approximate surface area is 149 Å². The van der Waals surface area contributed by atoms with Gasteiger partial charge in [0.15, 0.2) is 0 Å². The van der Waals surface area contributed by atoms with Crippen molar-refractivity contribution in [3.8, 4) is 0 Å². The zero-order valence-corrected chi connectivity index (χ0v) is 15.0. The molecule has 0 unspecified atom stereocenters. The summed E-state index contributed by atoms with van der Waals surface area (Å²) in [5.74, 6) is -0.142. The highest BCUT2D eigenvalue weighted by Gasteiger charge is 2.45. The van der Waals surface area contributed by atoms with Crippen LogP contribution < -0.4 is 0 Å². The molecule has 25 heavy (non-hydrogen) atoms. The first-order valence-electron chi connectivity index (χ1n) is 9.61. The molecule has 1 aromatic rings. The normalized spacial score (nSPS) is 22.4. The Balaban J connectivity index is 1.75. The van der Waals surface area contributed by atoms with E-state index >= 15 is 0 Å². The van der Waals surface area contributed by atoms with E-state index in [4.69, 9.17) is 0 Å². The summed E-state index contributed by atoms with van der Waals surface area (Å²) in [7, 11) is 0. The van der Waals surface area contributed by atoms with E-state index in [0.717, 1.165) is 62.7 Å². The third kappa shape index (κ3) is 2.88. The molecular weight excluding hydrogens is 312 g/mol. The lowest BCUT2D eigenvalue weighted by Gasteiger charge is -2.30. The van der Waals surface area contributed by atoms with Crippen LogP contribution in [0.2, 0.25) is 0 Å². The number of benzene rings is 1. The standard InChI is InChI=1S/C21H26N2O2/c1-15-9-11-16(12-10-15)18-19(22-13-5-6-14-22)21(25)23(20(18)24)17-7-3-2-4-8-17/h9-12,17H,2-8,13-14H2,1H3. The maximum atomic E-state index is 13.3. The topological polar surface area (TPSA) is 40.6 Å². The lowest BCUT2D eigenvalue weighted by Crippen LogP contribution is -2.43. The van der Waals surface area contributed by atoms with Gasteiger partial charge in [0.25, 0.3) is 11.8 Å². The zero-order valence-electron chi connectivity index (χ0n) is 15.0. The summed E-state index contributed by atoms with van der Waals surface area (Å²) in [6.45, 7) is 3.79. The highest BCUT2D eigenvalue weighted by Crippen LogP contribution is 2.37. The molecule has 3 aliphatic rings. The van der Waals surface area contributed by atoms with Crippen molar-refractivity contribution in [3.05, 3.63) is 41.1 Å². The molecule has 1 saturated heterocycles. The molecule has 132 valence electrons. The van der Waals surface area contributed by atoms with Crippen LogP contribution in [-0.2, 0) is 9.59 Å². The van der Waals surface area contributed by atoms with Gasteiger partial charge in [-0.1, -0.05) is 49.1 Å². The highest BCUT2D eigenvalue weighted by molar-refractivity contribution is 6.35. The van der Waals surface area contributed by atoms with E-state index in [2.05, 4.69) is 4.90 Å². The van der Waals surface area contributed by atoms with Crippen LogP contribution in [0.1, 0.15) is 56.1 Å². The third-order valence-corrected chi connectivity index (χ3v) is 5.79. The number of hydrogen-bond donors (Lipinski definition) is 0. The van der Waals surface area contributed by atoms with E-state index in [1.807, 2.05) is 31.2 Å². The van der Waals surface area contributed by atoms with Crippen LogP contribution in [0.15, 0.2) is 30.0 Å². The molecule has 2 amide bonds. The van der Waals surface area contributed by atoms with Gasteiger partial charge in [0.1, 0.15) is 5.70 Å². The van der Waals surface area contributed by atoms with Crippen molar-refractivity contribution in [2.24, 2.45) is 0 Å². The first-order valence-corrected chi connectivity index (χ1v) is 9.61. The SMILES string of the molecule is Cc1ccc(C2=C(N3CCCC3)C(=O)N(C3CCCCC3)C2=O)cc1. The quantitative estimate of drug-likeness (QED) is 0.792. The summed E-state index contributed by atoms with van der Waals surface area (Å²) in [5.41, 5.74) is 3.31. The number of likely N-dealkylation sites (tertiary alicyclic amines) is 1. The van der Waals surface area contributed by atoms with Gasteiger partial charge in [-0.2, -0.15) is 0 Å². The van der Waals surface area contributed by atoms with Crippen molar-refractivity contribution in [3.63, 3.8) is 0 Å². The van der Waals surface area contributed by atoms with Gasteiger partial charge in [-0.3, -0.25) is 14.5 Å². The summed E-state index contributed by atoms with van der Waals surface area (Å²) in [6, 6.07) is 8.08. The number of aryl methyl sites for hydroxylation is 1. The molecule has 0 bridgehead atoms. The maximum absolute atomic E-state index is 13.3. The highest BCUT2D eigenvalue weighted by atomic mass is 16.2. The molecule has 0 N–H and O–H groups in total. The number of nitrogens with zero attached hydrogens (tertiary/aromatic N) is 2. The summed E-state index contributed by atoms with van der Waals surface area (Å²) in [6.07, 6.45) is 7.52. The molecule has 2 heterocycles. The van der Waals surface area contributed by atoms with Gasteiger partial charge >= 0.3 is 0 Å². The fraction of sp³-hybridized carbons (Fsp3) is 0.524. The third-order valence-electron chi connectivity index (χ3n) is 5.79. The van der Waals surface area contributed by atoms with Gasteiger partial charge in [0, 0.05) is 19.1 Å². The molecule has 2 aliphatic heterocycles. The van der Waals surface area contributed by atoms with E-state index in [-0.39, 0.29) is 17.9 Å². The van der Waals surface area contributed by atoms with E-state index in [1.54, 1.807) is 4.90 Å². The van der Waals surface area contributed by atoms with E-state index in [1.165, 1.54) is 6.42 Å². The van der Waals surface area contributed by atoms with Crippen LogP contribution in [-0.4, -0.2) is 40.7 Å². The second kappa shape index (κ2) is 6.66. The van der Waals surface area contributed by atoms with Gasteiger partial charge in [0.05, 0.1) is 5.57 Å². The second-order valence-electron chi connectivity index (χ2n) is 7.56. The van der Waals surface area contributed by atoms with E-state index < -0.39 is 0 Å². The Morgan fingerprint density at radius 3 is 2.12 bits per heavy atom. The molecule has 0 aromatic heterocycles. The van der Waals surface area contributed by atoms with Crippen LogP contribution in [0.5, 0.6) is 0 Å². The maximum Gasteiger partial charge on any atom is 0.278 e. The van der Waals surface area contributed by atoms with E-state index in [0.29, 0.717) is 11.3 Å². The average Bonchev–Trinajstić information content (AvgIpc) is 3.23. The van der Waals surface area contributed by atoms with Crippen molar-refractivity contribution < 1.29 is 9.59 Å². The number of rotatable bonds is 3. The molecule has 4 heteroatoms. The summed E-state index contributed by atoms with van der Waals surface area (Å²) >= 11 is 0. The second-order valence-corrected chi connectivity index (χ2v) is 7.56. The van der Waals surface area contributed by atoms with Crippen molar-refractivity contribution in [2.75, 3.05) is 13.1 Å². The monoisotopic (exact) mass is 338 g/mol. The van der Waals surface area contributed by atoms with Crippen LogP contribution in [0.3, 0.4) is 0 Å². The molecular formula is C21H26N2O2. The van der Waals surface area contributed by atoms with Gasteiger partial charge in [0.2, 0.25) is 0 Å². The van der Waals surface area contributed by atoms with Crippen LogP contribution >= 0.6 is 0 Å². The van der Waals surface area contributed by atoms with Gasteiger partial charge in [-0.15, -0.1) is 0 Å². The van der Waals surface area contributed by atoms with Gasteiger partial charge < -0.3 is 4.90 Å². The van der Waals surface area contributed by atoms with Crippen LogP contribution in [0.4, 0.5) is 0 Å².